The second-order valence-corrected chi connectivity index (χ2v) is 4.67. The number of nitrogens with zero attached hydrogens (tertiary/aromatic N) is 2. The first kappa shape index (κ1) is 12.5. The first-order chi connectivity index (χ1) is 9.76. The van der Waals surface area contributed by atoms with Gasteiger partial charge in [0, 0.05) is 19.7 Å². The molecule has 102 valence electrons. The molecular weight excluding hydrogens is 252 g/mol. The summed E-state index contributed by atoms with van der Waals surface area (Å²) in [5.74, 6) is 0.769. The summed E-state index contributed by atoms with van der Waals surface area (Å²) >= 11 is 0. The molecule has 0 spiro atoms. The van der Waals surface area contributed by atoms with E-state index in [9.17, 15) is 0 Å². The van der Waals surface area contributed by atoms with Gasteiger partial charge in [-0.25, -0.2) is 0 Å². The van der Waals surface area contributed by atoms with Gasteiger partial charge in [0.2, 0.25) is 0 Å². The maximum atomic E-state index is 5.78. The Morgan fingerprint density at radius 1 is 1.15 bits per heavy atom. The number of fused-ring (bicyclic) bond motifs is 1. The summed E-state index contributed by atoms with van der Waals surface area (Å²) in [5, 5.41) is 0. The molecule has 0 amide bonds. The van der Waals surface area contributed by atoms with Crippen molar-refractivity contribution in [2.75, 3.05) is 19.1 Å². The van der Waals surface area contributed by atoms with E-state index in [0.29, 0.717) is 6.01 Å². The van der Waals surface area contributed by atoms with E-state index in [2.05, 4.69) is 17.1 Å². The minimum atomic E-state index is 0.608. The van der Waals surface area contributed by atoms with Gasteiger partial charge < -0.3 is 14.1 Å². The van der Waals surface area contributed by atoms with Crippen molar-refractivity contribution in [3.05, 3.63) is 54.1 Å². The Labute approximate surface area is 117 Å². The van der Waals surface area contributed by atoms with Crippen LogP contribution in [0, 0.1) is 0 Å². The maximum Gasteiger partial charge on any atom is 0.298 e. The quantitative estimate of drug-likeness (QED) is 0.726. The molecule has 0 saturated carbocycles. The van der Waals surface area contributed by atoms with Crippen LogP contribution in [-0.4, -0.2) is 19.1 Å². The summed E-state index contributed by atoms with van der Waals surface area (Å²) in [6.07, 6.45) is 0. The van der Waals surface area contributed by atoms with Gasteiger partial charge in [-0.05, 0) is 17.7 Å². The van der Waals surface area contributed by atoms with Crippen molar-refractivity contribution in [1.29, 1.82) is 0 Å². The van der Waals surface area contributed by atoms with Crippen molar-refractivity contribution in [2.24, 2.45) is 0 Å². The third-order valence-corrected chi connectivity index (χ3v) is 3.17. The fourth-order valence-corrected chi connectivity index (χ4v) is 2.11. The van der Waals surface area contributed by atoms with Gasteiger partial charge in [0.15, 0.2) is 5.58 Å². The molecule has 0 radical (unpaired) electrons. The lowest BCUT2D eigenvalue weighted by molar-refractivity contribution is 0.414. The number of ether oxygens (including phenoxy) is 1. The first-order valence-electron chi connectivity index (χ1n) is 6.46. The van der Waals surface area contributed by atoms with Crippen LogP contribution in [0.25, 0.3) is 11.1 Å². The van der Waals surface area contributed by atoms with Crippen LogP contribution in [-0.2, 0) is 6.54 Å². The summed E-state index contributed by atoms with van der Waals surface area (Å²) in [6, 6.07) is 16.5. The molecule has 0 aliphatic rings. The van der Waals surface area contributed by atoms with Crippen molar-refractivity contribution in [3.63, 3.8) is 0 Å². The van der Waals surface area contributed by atoms with Gasteiger partial charge in [-0.1, -0.05) is 30.3 Å². The van der Waals surface area contributed by atoms with Crippen molar-refractivity contribution in [2.45, 2.75) is 6.54 Å². The van der Waals surface area contributed by atoms with E-state index in [1.54, 1.807) is 7.11 Å². The molecule has 0 bridgehead atoms. The van der Waals surface area contributed by atoms with Crippen LogP contribution in [0.3, 0.4) is 0 Å². The van der Waals surface area contributed by atoms with E-state index in [-0.39, 0.29) is 0 Å². The predicted molar refractivity (Wildman–Crippen MR) is 79.1 cm³/mol. The van der Waals surface area contributed by atoms with E-state index >= 15 is 0 Å². The Balaban J connectivity index is 1.86. The SMILES string of the molecule is COc1ccc2nc(N(C)Cc3ccccc3)oc2c1. The van der Waals surface area contributed by atoms with Gasteiger partial charge in [0.25, 0.3) is 6.01 Å². The molecule has 0 unspecified atom stereocenters. The van der Waals surface area contributed by atoms with Gasteiger partial charge in [-0.3, -0.25) is 0 Å². The lowest BCUT2D eigenvalue weighted by Gasteiger charge is -2.13. The molecule has 2 aromatic carbocycles. The number of hydrogen-bond donors (Lipinski definition) is 0. The first-order valence-corrected chi connectivity index (χ1v) is 6.46. The minimum absolute atomic E-state index is 0.608. The zero-order valence-corrected chi connectivity index (χ0v) is 11.5. The Morgan fingerprint density at radius 3 is 2.70 bits per heavy atom. The van der Waals surface area contributed by atoms with Crippen molar-refractivity contribution in [1.82, 2.24) is 4.98 Å². The second kappa shape index (κ2) is 5.25. The molecular formula is C16H16N2O2. The molecule has 0 saturated heterocycles. The lowest BCUT2D eigenvalue weighted by Crippen LogP contribution is -2.16. The van der Waals surface area contributed by atoms with Crippen LogP contribution in [0.5, 0.6) is 5.75 Å². The number of benzene rings is 2. The summed E-state index contributed by atoms with van der Waals surface area (Å²) in [4.78, 5) is 6.48. The Hall–Kier alpha value is -2.49. The van der Waals surface area contributed by atoms with Gasteiger partial charge in [-0.15, -0.1) is 0 Å². The Bertz CT molecular complexity index is 707. The average molecular weight is 268 g/mol. The number of anilines is 1. The fraction of sp³-hybridized carbons (Fsp3) is 0.188. The molecule has 3 aromatic rings. The third kappa shape index (κ3) is 2.45. The van der Waals surface area contributed by atoms with Gasteiger partial charge in [-0.2, -0.15) is 4.98 Å². The average Bonchev–Trinajstić information content (AvgIpc) is 2.91. The molecule has 4 nitrogen and oxygen atoms in total. The topological polar surface area (TPSA) is 38.5 Å². The van der Waals surface area contributed by atoms with Crippen LogP contribution >= 0.6 is 0 Å². The summed E-state index contributed by atoms with van der Waals surface area (Å²) < 4.78 is 11.0. The van der Waals surface area contributed by atoms with E-state index < -0.39 is 0 Å². The van der Waals surface area contributed by atoms with E-state index in [0.717, 1.165) is 23.4 Å². The highest BCUT2D eigenvalue weighted by Crippen LogP contribution is 2.25. The molecule has 0 N–H and O–H groups in total. The highest BCUT2D eigenvalue weighted by Gasteiger charge is 2.11. The summed E-state index contributed by atoms with van der Waals surface area (Å²) in [5.41, 5.74) is 2.79. The molecule has 0 atom stereocenters. The third-order valence-electron chi connectivity index (χ3n) is 3.17. The van der Waals surface area contributed by atoms with Crippen molar-refractivity contribution >= 4 is 17.1 Å². The molecule has 1 heterocycles. The van der Waals surface area contributed by atoms with Crippen LogP contribution in [0.1, 0.15) is 5.56 Å². The van der Waals surface area contributed by atoms with Crippen LogP contribution < -0.4 is 9.64 Å². The number of rotatable bonds is 4. The van der Waals surface area contributed by atoms with E-state index in [1.807, 2.05) is 48.3 Å². The number of oxazole rings is 1. The molecule has 20 heavy (non-hydrogen) atoms. The Kier molecular flexibility index (Phi) is 3.29. The second-order valence-electron chi connectivity index (χ2n) is 4.67. The zero-order valence-electron chi connectivity index (χ0n) is 11.5. The molecule has 3 rings (SSSR count). The van der Waals surface area contributed by atoms with Crippen molar-refractivity contribution < 1.29 is 9.15 Å². The smallest absolute Gasteiger partial charge is 0.298 e. The van der Waals surface area contributed by atoms with Crippen LogP contribution in [0.2, 0.25) is 0 Å². The number of aromatic nitrogens is 1. The number of hydrogen-bond acceptors (Lipinski definition) is 4. The highest BCUT2D eigenvalue weighted by molar-refractivity contribution is 5.76. The molecule has 0 aliphatic heterocycles. The molecule has 1 aromatic heterocycles. The van der Waals surface area contributed by atoms with Gasteiger partial charge in [0.1, 0.15) is 11.3 Å². The minimum Gasteiger partial charge on any atom is -0.497 e. The monoisotopic (exact) mass is 268 g/mol. The van der Waals surface area contributed by atoms with Gasteiger partial charge in [0.05, 0.1) is 7.11 Å². The highest BCUT2D eigenvalue weighted by atomic mass is 16.5. The molecule has 0 fully saturated rings. The van der Waals surface area contributed by atoms with Gasteiger partial charge >= 0.3 is 0 Å². The normalized spacial score (nSPS) is 10.7. The fourth-order valence-electron chi connectivity index (χ4n) is 2.11. The van der Waals surface area contributed by atoms with Crippen molar-refractivity contribution in [3.8, 4) is 5.75 Å². The van der Waals surface area contributed by atoms with E-state index in [4.69, 9.17) is 9.15 Å². The summed E-state index contributed by atoms with van der Waals surface area (Å²) in [6.45, 7) is 0.755. The largest absolute Gasteiger partial charge is 0.497 e. The zero-order chi connectivity index (χ0) is 13.9. The van der Waals surface area contributed by atoms with E-state index in [1.165, 1.54) is 5.56 Å². The van der Waals surface area contributed by atoms with Crippen LogP contribution in [0.15, 0.2) is 52.9 Å². The summed E-state index contributed by atoms with van der Waals surface area (Å²) in [7, 11) is 3.61. The predicted octanol–water partition coefficient (Wildman–Crippen LogP) is 3.47. The molecule has 4 heteroatoms. The number of methoxy groups -OCH3 is 1. The molecule has 0 aliphatic carbocycles. The lowest BCUT2D eigenvalue weighted by atomic mass is 10.2. The standard InChI is InChI=1S/C16H16N2O2/c1-18(11-12-6-4-3-5-7-12)16-17-14-9-8-13(19-2)10-15(14)20-16/h3-10H,11H2,1-2H3. The van der Waals surface area contributed by atoms with Crippen LogP contribution in [0.4, 0.5) is 6.01 Å². The maximum absolute atomic E-state index is 5.78. The Morgan fingerprint density at radius 2 is 1.95 bits per heavy atom.